The number of carboxylic acid groups (broad SMARTS) is 1. The summed E-state index contributed by atoms with van der Waals surface area (Å²) in [5, 5.41) is 34.0. The zero-order chi connectivity index (χ0) is 26.5. The second-order valence-electron chi connectivity index (χ2n) is 16.2. The topological polar surface area (TPSA) is 87.0 Å². The van der Waals surface area contributed by atoms with Crippen molar-refractivity contribution in [2.24, 2.45) is 56.2 Å². The number of carboxylic acids is 1. The molecule has 2 bridgehead atoms. The van der Waals surface area contributed by atoms with Gasteiger partial charge in [-0.1, -0.05) is 39.8 Å². The quantitative estimate of drug-likeness (QED) is 0.379. The summed E-state index contributed by atoms with van der Waals surface area (Å²) in [6.07, 6.45) is 14.9. The third kappa shape index (κ3) is 2.62. The Morgan fingerprint density at radius 1 is 0.892 bits per heavy atom. The van der Waals surface area contributed by atoms with Gasteiger partial charge in [-0.3, -0.25) is 4.79 Å². The second kappa shape index (κ2) is 6.86. The maximum atomic E-state index is 12.4. The molecule has 7 rings (SSSR count). The van der Waals surface area contributed by atoms with E-state index in [2.05, 4.69) is 33.8 Å². The first-order valence-corrected chi connectivity index (χ1v) is 15.1. The van der Waals surface area contributed by atoms with E-state index in [0.29, 0.717) is 18.4 Å². The van der Waals surface area contributed by atoms with Crippen molar-refractivity contribution in [1.82, 2.24) is 0 Å². The van der Waals surface area contributed by atoms with Gasteiger partial charge >= 0.3 is 5.97 Å². The molecule has 0 radical (unpaired) electrons. The van der Waals surface area contributed by atoms with Crippen LogP contribution in [0.15, 0.2) is 12.2 Å². The summed E-state index contributed by atoms with van der Waals surface area (Å²) in [5.41, 5.74) is -1.41. The van der Waals surface area contributed by atoms with Gasteiger partial charge in [0.25, 0.3) is 0 Å². The second-order valence-corrected chi connectivity index (χ2v) is 16.2. The third-order valence-electron chi connectivity index (χ3n) is 15.2. The molecule has 6 aliphatic carbocycles. The molecule has 1 heterocycles. The van der Waals surface area contributed by atoms with Crippen LogP contribution < -0.4 is 0 Å². The van der Waals surface area contributed by atoms with E-state index >= 15 is 0 Å². The Morgan fingerprint density at radius 3 is 2.30 bits per heavy atom. The molecule has 0 aromatic heterocycles. The van der Waals surface area contributed by atoms with Crippen molar-refractivity contribution < 1.29 is 24.9 Å². The largest absolute Gasteiger partial charge is 0.481 e. The van der Waals surface area contributed by atoms with Gasteiger partial charge in [-0.2, -0.15) is 0 Å². The summed E-state index contributed by atoms with van der Waals surface area (Å²) in [5.74, 6) is -0.814. The lowest BCUT2D eigenvalue weighted by molar-refractivity contribution is -0.306. The minimum atomic E-state index is -1.23. The van der Waals surface area contributed by atoms with E-state index in [1.54, 1.807) is 0 Å². The van der Waals surface area contributed by atoms with Crippen molar-refractivity contribution in [2.45, 2.75) is 117 Å². The first kappa shape index (κ1) is 25.1. The zero-order valence-electron chi connectivity index (χ0n) is 23.6. The molecular weight excluding hydrogens is 464 g/mol. The van der Waals surface area contributed by atoms with Gasteiger partial charge in [0.1, 0.15) is 0 Å². The molecule has 0 aromatic carbocycles. The van der Waals surface area contributed by atoms with Gasteiger partial charge in [-0.15, -0.1) is 0 Å². The van der Waals surface area contributed by atoms with Crippen molar-refractivity contribution in [3.8, 4) is 0 Å². The van der Waals surface area contributed by atoms with Crippen LogP contribution in [0.3, 0.4) is 0 Å². The Balaban J connectivity index is 1.34. The number of ether oxygens (including phenoxy) is 1. The predicted molar refractivity (Wildman–Crippen MR) is 140 cm³/mol. The Labute approximate surface area is 222 Å². The van der Waals surface area contributed by atoms with Crippen LogP contribution in [0.1, 0.15) is 105 Å². The third-order valence-corrected chi connectivity index (χ3v) is 15.2. The lowest BCUT2D eigenvalue weighted by atomic mass is 9.28. The van der Waals surface area contributed by atoms with Crippen molar-refractivity contribution in [2.75, 3.05) is 6.61 Å². The molecule has 1 aliphatic heterocycles. The zero-order valence-corrected chi connectivity index (χ0v) is 23.6. The molecule has 12 atom stereocenters. The van der Waals surface area contributed by atoms with E-state index in [1.807, 2.05) is 13.0 Å². The van der Waals surface area contributed by atoms with Gasteiger partial charge in [0.05, 0.1) is 17.6 Å². The van der Waals surface area contributed by atoms with E-state index in [1.165, 1.54) is 12.8 Å². The standard InChI is InChI=1S/C32H48O5/c1-20-30-10-7-21-27(4)14-13-25(2)11-12-26(3,24(33)34)17-22(25)28(27,5)15-16-29(21)8-6-9-31(35,23(29)30)18-32(20,36)37-19-30/h6,9,20-23,35-36H,7-8,10-19H2,1-5H3,(H,33,34). The Kier molecular flexibility index (Phi) is 4.65. The molecule has 206 valence electrons. The van der Waals surface area contributed by atoms with E-state index in [4.69, 9.17) is 4.74 Å². The minimum absolute atomic E-state index is 0.0117. The molecule has 2 spiro atoms. The fourth-order valence-corrected chi connectivity index (χ4v) is 13.0. The van der Waals surface area contributed by atoms with E-state index in [-0.39, 0.29) is 45.3 Å². The van der Waals surface area contributed by atoms with Crippen LogP contribution in [0.25, 0.3) is 0 Å². The van der Waals surface area contributed by atoms with Gasteiger partial charge in [0.15, 0.2) is 5.79 Å². The van der Waals surface area contributed by atoms with Gasteiger partial charge < -0.3 is 20.1 Å². The molecule has 3 N–H and O–H groups in total. The van der Waals surface area contributed by atoms with E-state index in [9.17, 15) is 20.1 Å². The van der Waals surface area contributed by atoms with Crippen LogP contribution in [-0.2, 0) is 9.53 Å². The summed E-state index contributed by atoms with van der Waals surface area (Å²) >= 11 is 0. The average Bonchev–Trinajstić information content (AvgIpc) is 2.99. The van der Waals surface area contributed by atoms with Crippen LogP contribution in [0.2, 0.25) is 0 Å². The fourth-order valence-electron chi connectivity index (χ4n) is 13.0. The Morgan fingerprint density at radius 2 is 1.57 bits per heavy atom. The Bertz CT molecular complexity index is 1090. The number of rotatable bonds is 1. The highest BCUT2D eigenvalue weighted by Crippen LogP contribution is 2.81. The number of fused-ring (bicyclic) bond motifs is 5. The number of hydrogen-bond donors (Lipinski definition) is 3. The van der Waals surface area contributed by atoms with Gasteiger partial charge in [0.2, 0.25) is 0 Å². The minimum Gasteiger partial charge on any atom is -0.481 e. The molecule has 5 nitrogen and oxygen atoms in total. The van der Waals surface area contributed by atoms with Crippen LogP contribution in [0.4, 0.5) is 0 Å². The van der Waals surface area contributed by atoms with Crippen molar-refractivity contribution >= 4 is 5.97 Å². The van der Waals surface area contributed by atoms with E-state index in [0.717, 1.165) is 51.4 Å². The maximum Gasteiger partial charge on any atom is 0.309 e. The molecule has 12 unspecified atom stereocenters. The summed E-state index contributed by atoms with van der Waals surface area (Å²) in [4.78, 5) is 12.4. The molecule has 5 saturated carbocycles. The van der Waals surface area contributed by atoms with Crippen molar-refractivity contribution in [1.29, 1.82) is 0 Å². The van der Waals surface area contributed by atoms with Gasteiger partial charge in [-0.05, 0) is 105 Å². The predicted octanol–water partition coefficient (Wildman–Crippen LogP) is 5.93. The van der Waals surface area contributed by atoms with Crippen molar-refractivity contribution in [3.05, 3.63) is 12.2 Å². The van der Waals surface area contributed by atoms with Crippen LogP contribution in [-0.4, -0.2) is 39.3 Å². The number of aliphatic hydroxyl groups is 2. The molecule has 0 amide bonds. The highest BCUT2D eigenvalue weighted by atomic mass is 16.6. The van der Waals surface area contributed by atoms with E-state index < -0.39 is 22.8 Å². The van der Waals surface area contributed by atoms with Crippen LogP contribution in [0, 0.1) is 56.2 Å². The SMILES string of the molecule is CC1C2(O)CC3(O)C=CCC45CCC6(C)C7CC(C)(C(=O)O)CCC7(C)CCC6(C)C4CCC1(CO2)C35. The molecule has 6 fully saturated rings. The number of hydrogen-bond acceptors (Lipinski definition) is 4. The summed E-state index contributed by atoms with van der Waals surface area (Å²) < 4.78 is 6.17. The number of aliphatic carboxylic acids is 1. The molecular formula is C32H48O5. The van der Waals surface area contributed by atoms with Gasteiger partial charge in [-0.25, -0.2) is 0 Å². The number of carbonyl (C=O) groups is 1. The molecule has 7 aliphatic rings. The molecule has 0 aromatic rings. The summed E-state index contributed by atoms with van der Waals surface area (Å²) in [6, 6.07) is 0. The molecule has 1 saturated heterocycles. The molecule has 37 heavy (non-hydrogen) atoms. The smallest absolute Gasteiger partial charge is 0.309 e. The maximum absolute atomic E-state index is 12.4. The first-order valence-electron chi connectivity index (χ1n) is 15.1. The molecule has 5 heteroatoms. The normalized spacial score (nSPS) is 63.6. The highest BCUT2D eigenvalue weighted by molar-refractivity contribution is 5.74. The fraction of sp³-hybridized carbons (Fsp3) is 0.906. The van der Waals surface area contributed by atoms with Crippen LogP contribution in [0.5, 0.6) is 0 Å². The van der Waals surface area contributed by atoms with Crippen molar-refractivity contribution in [3.63, 3.8) is 0 Å². The van der Waals surface area contributed by atoms with Crippen LogP contribution >= 0.6 is 0 Å². The lowest BCUT2D eigenvalue weighted by Gasteiger charge is -2.76. The monoisotopic (exact) mass is 512 g/mol. The summed E-state index contributed by atoms with van der Waals surface area (Å²) in [7, 11) is 0. The highest BCUT2D eigenvalue weighted by Gasteiger charge is 2.79. The number of allylic oxidation sites excluding steroid dienone is 1. The van der Waals surface area contributed by atoms with Gasteiger partial charge in [0, 0.05) is 23.7 Å². The first-order chi connectivity index (χ1) is 17.1. The summed E-state index contributed by atoms with van der Waals surface area (Å²) in [6.45, 7) is 12.3. The lowest BCUT2D eigenvalue weighted by Crippen LogP contribution is -2.73. The Hall–Kier alpha value is -0.910. The average molecular weight is 513 g/mol.